The number of carbonyl (C=O) groups is 3. The van der Waals surface area contributed by atoms with Crippen LogP contribution in [0, 0.1) is 7.14 Å². The first-order valence-electron chi connectivity index (χ1n) is 12.0. The Balaban J connectivity index is 1.66. The molecule has 1 aliphatic rings. The van der Waals surface area contributed by atoms with E-state index in [1.165, 1.54) is 13.3 Å². The van der Waals surface area contributed by atoms with Crippen molar-refractivity contribution in [1.29, 1.82) is 0 Å². The fourth-order valence-electron chi connectivity index (χ4n) is 3.69. The fourth-order valence-corrected chi connectivity index (χ4v) is 5.82. The highest BCUT2D eigenvalue weighted by Gasteiger charge is 2.32. The van der Waals surface area contributed by atoms with Gasteiger partial charge in [-0.3, -0.25) is 4.79 Å². The molecule has 0 fully saturated rings. The Kier molecular flexibility index (Phi) is 11.6. The highest BCUT2D eigenvalue weighted by molar-refractivity contribution is 14.1. The third kappa shape index (κ3) is 8.09. The van der Waals surface area contributed by atoms with Crippen LogP contribution >= 0.6 is 45.2 Å². The molecule has 0 saturated carbocycles. The van der Waals surface area contributed by atoms with Crippen molar-refractivity contribution in [2.75, 3.05) is 26.9 Å². The van der Waals surface area contributed by atoms with E-state index in [4.69, 9.17) is 18.9 Å². The second kappa shape index (κ2) is 14.9. The van der Waals surface area contributed by atoms with Crippen LogP contribution in [0.15, 0.2) is 59.4 Å². The summed E-state index contributed by atoms with van der Waals surface area (Å²) in [4.78, 5) is 37.0. The smallest absolute Gasteiger partial charge is 0.338 e. The van der Waals surface area contributed by atoms with E-state index in [9.17, 15) is 14.4 Å². The SMILES string of the molecule is C=CCOc1c(I)cc(/C=N\NC(=O)COc2ccc([C@@H]3NC(=O)NC(C)=C3C(=O)OCC)cc2OC)cc1I. The number of halogens is 2. The Labute approximate surface area is 259 Å². The predicted octanol–water partition coefficient (Wildman–Crippen LogP) is 4.19. The molecule has 0 radical (unpaired) electrons. The summed E-state index contributed by atoms with van der Waals surface area (Å²) in [5.74, 6) is 0.344. The molecular weight excluding hydrogens is 746 g/mol. The van der Waals surface area contributed by atoms with Gasteiger partial charge in [-0.2, -0.15) is 5.10 Å². The molecule has 212 valence electrons. The monoisotopic (exact) mass is 774 g/mol. The van der Waals surface area contributed by atoms with Crippen molar-refractivity contribution < 1.29 is 33.3 Å². The number of allylic oxidation sites excluding steroid dienone is 1. The quantitative estimate of drug-likeness (QED) is 0.0969. The van der Waals surface area contributed by atoms with Gasteiger partial charge in [-0.25, -0.2) is 15.0 Å². The molecular formula is C27H28I2N4O7. The van der Waals surface area contributed by atoms with Gasteiger partial charge in [-0.05, 0) is 94.4 Å². The van der Waals surface area contributed by atoms with E-state index in [0.29, 0.717) is 29.4 Å². The van der Waals surface area contributed by atoms with E-state index >= 15 is 0 Å². The third-order valence-electron chi connectivity index (χ3n) is 5.41. The standard InChI is InChI=1S/C27H28I2N4O7/c1-5-9-39-25-18(28)10-16(11-19(25)29)13-30-33-22(34)14-40-20-8-7-17(12-21(20)37-4)24-23(26(35)38-6-2)15(3)31-27(36)32-24/h5,7-8,10-13,24H,1,6,9,14H2,2-4H3,(H,33,34)(H2,31,32,36)/b30-13-/t24-/m0/s1. The summed E-state index contributed by atoms with van der Waals surface area (Å²) in [7, 11) is 1.45. The van der Waals surface area contributed by atoms with Gasteiger partial charge in [0.1, 0.15) is 12.4 Å². The number of nitrogens with one attached hydrogen (secondary N) is 3. The summed E-state index contributed by atoms with van der Waals surface area (Å²) in [6, 6.07) is 7.44. The number of hydrazone groups is 1. The van der Waals surface area contributed by atoms with Crippen molar-refractivity contribution in [3.05, 3.63) is 72.5 Å². The highest BCUT2D eigenvalue weighted by Crippen LogP contribution is 2.34. The van der Waals surface area contributed by atoms with Crippen molar-refractivity contribution in [3.63, 3.8) is 0 Å². The lowest BCUT2D eigenvalue weighted by molar-refractivity contribution is -0.139. The molecule has 1 heterocycles. The summed E-state index contributed by atoms with van der Waals surface area (Å²) in [6.45, 7) is 7.25. The van der Waals surface area contributed by atoms with Crippen molar-refractivity contribution in [3.8, 4) is 17.2 Å². The number of hydrogen-bond acceptors (Lipinski definition) is 8. The zero-order valence-corrected chi connectivity index (χ0v) is 26.3. The molecule has 0 bridgehead atoms. The summed E-state index contributed by atoms with van der Waals surface area (Å²) in [6.07, 6.45) is 3.20. The zero-order chi connectivity index (χ0) is 29.2. The summed E-state index contributed by atoms with van der Waals surface area (Å²) in [5.41, 5.74) is 4.46. The van der Waals surface area contributed by atoms with Gasteiger partial charge in [-0.15, -0.1) is 0 Å². The number of carbonyl (C=O) groups excluding carboxylic acids is 3. The number of hydrogen-bond donors (Lipinski definition) is 3. The topological polar surface area (TPSA) is 137 Å². The van der Waals surface area contributed by atoms with Crippen molar-refractivity contribution in [2.45, 2.75) is 19.9 Å². The molecule has 2 aromatic carbocycles. The number of amides is 3. The maximum atomic E-state index is 12.6. The number of nitrogens with zero attached hydrogens (tertiary/aromatic N) is 1. The second-order valence-corrected chi connectivity index (χ2v) is 10.5. The largest absolute Gasteiger partial charge is 0.493 e. The molecule has 0 aliphatic carbocycles. The van der Waals surface area contributed by atoms with Crippen molar-refractivity contribution in [2.24, 2.45) is 5.10 Å². The van der Waals surface area contributed by atoms with E-state index in [-0.39, 0.29) is 18.8 Å². The zero-order valence-electron chi connectivity index (χ0n) is 22.0. The Morgan fingerprint density at radius 1 is 1.15 bits per heavy atom. The summed E-state index contributed by atoms with van der Waals surface area (Å²) >= 11 is 4.35. The van der Waals surface area contributed by atoms with Crippen LogP contribution in [0.1, 0.15) is 31.0 Å². The van der Waals surface area contributed by atoms with Crippen molar-refractivity contribution >= 4 is 69.3 Å². The number of rotatable bonds is 12. The maximum Gasteiger partial charge on any atom is 0.338 e. The molecule has 2 aromatic rings. The van der Waals surface area contributed by atoms with Gasteiger partial charge in [0.05, 0.1) is 38.7 Å². The fraction of sp³-hybridized carbons (Fsp3) is 0.259. The van der Waals surface area contributed by atoms with Gasteiger partial charge in [-0.1, -0.05) is 18.7 Å². The minimum absolute atomic E-state index is 0.189. The normalized spacial score (nSPS) is 14.7. The number of methoxy groups -OCH3 is 1. The van der Waals surface area contributed by atoms with E-state index in [0.717, 1.165) is 18.5 Å². The van der Waals surface area contributed by atoms with Crippen molar-refractivity contribution in [1.82, 2.24) is 16.1 Å². The second-order valence-electron chi connectivity index (χ2n) is 8.20. The van der Waals surface area contributed by atoms with E-state index in [1.54, 1.807) is 38.1 Å². The Hall–Kier alpha value is -3.34. The van der Waals surface area contributed by atoms with Crippen LogP contribution in [0.25, 0.3) is 0 Å². The van der Waals surface area contributed by atoms with Crippen LogP contribution in [0.5, 0.6) is 17.2 Å². The number of benzene rings is 2. The summed E-state index contributed by atoms with van der Waals surface area (Å²) < 4.78 is 23.7. The molecule has 0 spiro atoms. The summed E-state index contributed by atoms with van der Waals surface area (Å²) in [5, 5.41) is 9.33. The molecule has 1 aliphatic heterocycles. The molecule has 3 N–H and O–H groups in total. The van der Waals surface area contributed by atoms with Gasteiger partial charge in [0.25, 0.3) is 5.91 Å². The molecule has 40 heavy (non-hydrogen) atoms. The van der Waals surface area contributed by atoms with Gasteiger partial charge in [0, 0.05) is 5.70 Å². The van der Waals surface area contributed by atoms with Crippen LogP contribution < -0.4 is 30.3 Å². The molecule has 0 unspecified atom stereocenters. The average molecular weight is 774 g/mol. The van der Waals surface area contributed by atoms with Gasteiger partial charge in [0.2, 0.25) is 0 Å². The predicted molar refractivity (Wildman–Crippen MR) is 166 cm³/mol. The molecule has 0 aromatic heterocycles. The van der Waals surface area contributed by atoms with Crippen LogP contribution in [-0.4, -0.2) is 51.1 Å². The first-order valence-corrected chi connectivity index (χ1v) is 14.1. The number of esters is 1. The van der Waals surface area contributed by atoms with Gasteiger partial charge in [0.15, 0.2) is 18.1 Å². The molecule has 1 atom stereocenters. The first kappa shape index (κ1) is 31.2. The van der Waals surface area contributed by atoms with Gasteiger partial charge >= 0.3 is 12.0 Å². The Morgan fingerprint density at radius 3 is 2.52 bits per heavy atom. The number of ether oxygens (including phenoxy) is 4. The molecule has 11 nitrogen and oxygen atoms in total. The molecule has 3 rings (SSSR count). The molecule has 3 amide bonds. The lowest BCUT2D eigenvalue weighted by Gasteiger charge is -2.28. The van der Waals surface area contributed by atoms with Crippen LogP contribution in [0.4, 0.5) is 4.79 Å². The number of urea groups is 1. The highest BCUT2D eigenvalue weighted by atomic mass is 127. The Bertz CT molecular complexity index is 1340. The average Bonchev–Trinajstić information content (AvgIpc) is 2.91. The minimum Gasteiger partial charge on any atom is -0.493 e. The van der Waals surface area contributed by atoms with Gasteiger partial charge < -0.3 is 29.6 Å². The van der Waals surface area contributed by atoms with E-state index in [2.05, 4.69) is 72.9 Å². The van der Waals surface area contributed by atoms with E-state index in [1.807, 2.05) is 12.1 Å². The van der Waals surface area contributed by atoms with Crippen LogP contribution in [0.2, 0.25) is 0 Å². The third-order valence-corrected chi connectivity index (χ3v) is 7.02. The lowest BCUT2D eigenvalue weighted by Crippen LogP contribution is -2.45. The first-order chi connectivity index (χ1) is 19.2. The van der Waals surface area contributed by atoms with E-state index < -0.39 is 23.9 Å². The molecule has 0 saturated heterocycles. The Morgan fingerprint density at radius 2 is 1.88 bits per heavy atom. The molecule has 13 heteroatoms. The van der Waals surface area contributed by atoms with Crippen LogP contribution in [0.3, 0.4) is 0 Å². The van der Waals surface area contributed by atoms with Crippen LogP contribution in [-0.2, 0) is 14.3 Å². The maximum absolute atomic E-state index is 12.6. The lowest BCUT2D eigenvalue weighted by atomic mass is 9.95. The minimum atomic E-state index is -0.762.